The van der Waals surface area contributed by atoms with Crippen molar-refractivity contribution < 1.29 is 19.1 Å². The van der Waals surface area contributed by atoms with E-state index in [-0.39, 0.29) is 35.3 Å². The van der Waals surface area contributed by atoms with Crippen LogP contribution in [-0.2, 0) is 14.3 Å². The van der Waals surface area contributed by atoms with Crippen molar-refractivity contribution in [1.29, 1.82) is 0 Å². The van der Waals surface area contributed by atoms with Crippen molar-refractivity contribution >= 4 is 34.9 Å². The number of rotatable bonds is 6. The molecule has 1 saturated carbocycles. The first kappa shape index (κ1) is 24.0. The van der Waals surface area contributed by atoms with Crippen LogP contribution in [0.15, 0.2) is 48.5 Å². The number of hydrogen-bond donors (Lipinski definition) is 1. The maximum absolute atomic E-state index is 12.9. The standard InChI is InChI=1S/C26H30ClNO4/c1-26(2,3)19-11-9-18(10-12-19)25(31)32-16-23(29)28-22-14-13-20(27)15-21(22)24(30)17-7-5-4-6-8-17/h4-8,13-15,18-19H,9-12,16H2,1-3H3,(H,28,29). The third-order valence-electron chi connectivity index (χ3n) is 6.17. The fourth-order valence-corrected chi connectivity index (χ4v) is 4.37. The van der Waals surface area contributed by atoms with Crippen molar-refractivity contribution in [2.24, 2.45) is 17.3 Å². The Morgan fingerprint density at radius 2 is 1.66 bits per heavy atom. The van der Waals surface area contributed by atoms with Crippen LogP contribution >= 0.6 is 11.6 Å². The predicted octanol–water partition coefficient (Wildman–Crippen LogP) is 5.91. The van der Waals surface area contributed by atoms with E-state index in [4.69, 9.17) is 16.3 Å². The quantitative estimate of drug-likeness (QED) is 0.434. The van der Waals surface area contributed by atoms with Crippen molar-refractivity contribution in [3.05, 3.63) is 64.7 Å². The van der Waals surface area contributed by atoms with E-state index in [0.29, 0.717) is 22.2 Å². The number of hydrogen-bond acceptors (Lipinski definition) is 4. The number of benzene rings is 2. The van der Waals surface area contributed by atoms with Crippen LogP contribution in [0.5, 0.6) is 0 Å². The molecule has 0 aromatic heterocycles. The van der Waals surface area contributed by atoms with Gasteiger partial charge in [-0.15, -0.1) is 0 Å². The molecule has 0 saturated heterocycles. The second kappa shape index (κ2) is 10.3. The molecule has 0 aliphatic heterocycles. The number of halogens is 1. The first-order valence-corrected chi connectivity index (χ1v) is 11.4. The third-order valence-corrected chi connectivity index (χ3v) is 6.40. The third kappa shape index (κ3) is 6.19. The molecule has 0 atom stereocenters. The van der Waals surface area contributed by atoms with E-state index >= 15 is 0 Å². The number of ether oxygens (including phenoxy) is 1. The van der Waals surface area contributed by atoms with E-state index in [9.17, 15) is 14.4 Å². The number of anilines is 1. The fraction of sp³-hybridized carbons (Fsp3) is 0.423. The van der Waals surface area contributed by atoms with E-state index in [0.717, 1.165) is 25.7 Å². The highest BCUT2D eigenvalue weighted by Crippen LogP contribution is 2.40. The number of amides is 1. The average Bonchev–Trinajstić information content (AvgIpc) is 2.78. The summed E-state index contributed by atoms with van der Waals surface area (Å²) in [5, 5.41) is 3.07. The molecule has 1 amide bonds. The number of carbonyl (C=O) groups is 3. The molecule has 6 heteroatoms. The lowest BCUT2D eigenvalue weighted by molar-refractivity contribution is -0.153. The average molecular weight is 456 g/mol. The topological polar surface area (TPSA) is 72.5 Å². The molecule has 5 nitrogen and oxygen atoms in total. The fourth-order valence-electron chi connectivity index (χ4n) is 4.19. The van der Waals surface area contributed by atoms with Gasteiger partial charge in [0.05, 0.1) is 11.6 Å². The molecule has 2 aromatic rings. The Morgan fingerprint density at radius 3 is 2.28 bits per heavy atom. The van der Waals surface area contributed by atoms with Gasteiger partial charge in [0.2, 0.25) is 0 Å². The van der Waals surface area contributed by atoms with Gasteiger partial charge in [0.1, 0.15) is 0 Å². The summed E-state index contributed by atoms with van der Waals surface area (Å²) in [7, 11) is 0. The van der Waals surface area contributed by atoms with E-state index in [1.54, 1.807) is 36.4 Å². The van der Waals surface area contributed by atoms with E-state index in [2.05, 4.69) is 26.1 Å². The summed E-state index contributed by atoms with van der Waals surface area (Å²) < 4.78 is 5.28. The molecule has 0 bridgehead atoms. The van der Waals surface area contributed by atoms with E-state index < -0.39 is 5.91 Å². The lowest BCUT2D eigenvalue weighted by Crippen LogP contribution is -2.31. The van der Waals surface area contributed by atoms with Crippen molar-refractivity contribution in [1.82, 2.24) is 0 Å². The molecule has 3 rings (SSSR count). The Bertz CT molecular complexity index is 973. The number of carbonyl (C=O) groups excluding carboxylic acids is 3. The molecule has 0 heterocycles. The Labute approximate surface area is 194 Å². The largest absolute Gasteiger partial charge is 0.455 e. The molecule has 1 aliphatic carbocycles. The van der Waals surface area contributed by atoms with Gasteiger partial charge >= 0.3 is 5.97 Å². The Kier molecular flexibility index (Phi) is 7.73. The minimum atomic E-state index is -0.494. The maximum Gasteiger partial charge on any atom is 0.309 e. The smallest absolute Gasteiger partial charge is 0.309 e. The van der Waals surface area contributed by atoms with Gasteiger partial charge in [0.15, 0.2) is 12.4 Å². The molecular formula is C26H30ClNO4. The van der Waals surface area contributed by atoms with Crippen LogP contribution in [-0.4, -0.2) is 24.3 Å². The normalized spacial score (nSPS) is 18.6. The predicted molar refractivity (Wildman–Crippen MR) is 126 cm³/mol. The van der Waals surface area contributed by atoms with Gasteiger partial charge in [-0.25, -0.2) is 0 Å². The summed E-state index contributed by atoms with van der Waals surface area (Å²) in [6, 6.07) is 13.4. The Balaban J connectivity index is 1.58. The zero-order chi connectivity index (χ0) is 23.3. The van der Waals surface area contributed by atoms with Crippen molar-refractivity contribution in [3.63, 3.8) is 0 Å². The minimum absolute atomic E-state index is 0.160. The molecule has 0 spiro atoms. The molecule has 170 valence electrons. The molecule has 1 aliphatic rings. The monoisotopic (exact) mass is 455 g/mol. The van der Waals surface area contributed by atoms with Crippen molar-refractivity contribution in [2.75, 3.05) is 11.9 Å². The molecular weight excluding hydrogens is 426 g/mol. The van der Waals surface area contributed by atoms with Crippen LogP contribution in [0.4, 0.5) is 5.69 Å². The summed E-state index contributed by atoms with van der Waals surface area (Å²) in [4.78, 5) is 37.8. The van der Waals surface area contributed by atoms with Gasteiger partial charge in [0.25, 0.3) is 5.91 Å². The summed E-state index contributed by atoms with van der Waals surface area (Å²) >= 11 is 6.08. The van der Waals surface area contributed by atoms with Crippen LogP contribution < -0.4 is 5.32 Å². The molecule has 1 fully saturated rings. The van der Waals surface area contributed by atoms with Gasteiger partial charge in [-0.05, 0) is 55.2 Å². The van der Waals surface area contributed by atoms with Crippen LogP contribution in [0.2, 0.25) is 5.02 Å². The Hall–Kier alpha value is -2.66. The lowest BCUT2D eigenvalue weighted by atomic mass is 9.70. The Morgan fingerprint density at radius 1 is 1.00 bits per heavy atom. The molecule has 0 radical (unpaired) electrons. The van der Waals surface area contributed by atoms with E-state index in [1.165, 1.54) is 6.07 Å². The van der Waals surface area contributed by atoms with Crippen molar-refractivity contribution in [3.8, 4) is 0 Å². The minimum Gasteiger partial charge on any atom is -0.455 e. The molecule has 32 heavy (non-hydrogen) atoms. The van der Waals surface area contributed by atoms with E-state index in [1.807, 2.05) is 6.07 Å². The van der Waals surface area contributed by atoms with Gasteiger partial charge in [0, 0.05) is 16.1 Å². The zero-order valence-corrected chi connectivity index (χ0v) is 19.6. The summed E-state index contributed by atoms with van der Waals surface area (Å²) in [6.07, 6.45) is 3.56. The zero-order valence-electron chi connectivity index (χ0n) is 18.8. The van der Waals surface area contributed by atoms with Crippen LogP contribution in [0, 0.1) is 17.3 Å². The summed E-state index contributed by atoms with van der Waals surface area (Å²) in [5.41, 5.74) is 1.34. The van der Waals surface area contributed by atoms with Crippen LogP contribution in [0.25, 0.3) is 0 Å². The summed E-state index contributed by atoms with van der Waals surface area (Å²) in [6.45, 7) is 6.30. The second-order valence-electron chi connectivity index (χ2n) is 9.46. The van der Waals surface area contributed by atoms with Gasteiger partial charge in [-0.3, -0.25) is 14.4 Å². The molecule has 1 N–H and O–H groups in total. The lowest BCUT2D eigenvalue weighted by Gasteiger charge is -2.36. The van der Waals surface area contributed by atoms with Gasteiger partial charge in [-0.1, -0.05) is 62.7 Å². The van der Waals surface area contributed by atoms with Crippen LogP contribution in [0.3, 0.4) is 0 Å². The second-order valence-corrected chi connectivity index (χ2v) is 9.89. The van der Waals surface area contributed by atoms with Crippen molar-refractivity contribution in [2.45, 2.75) is 46.5 Å². The molecule has 2 aromatic carbocycles. The highest BCUT2D eigenvalue weighted by atomic mass is 35.5. The number of ketones is 1. The maximum atomic E-state index is 12.9. The highest BCUT2D eigenvalue weighted by Gasteiger charge is 2.33. The first-order valence-electron chi connectivity index (χ1n) is 11.0. The van der Waals surface area contributed by atoms with Gasteiger partial charge < -0.3 is 10.1 Å². The van der Waals surface area contributed by atoms with Gasteiger partial charge in [-0.2, -0.15) is 0 Å². The summed E-state index contributed by atoms with van der Waals surface area (Å²) in [5.74, 6) is -0.640. The van der Waals surface area contributed by atoms with Crippen LogP contribution in [0.1, 0.15) is 62.4 Å². The highest BCUT2D eigenvalue weighted by molar-refractivity contribution is 6.31. The number of esters is 1. The first-order chi connectivity index (χ1) is 15.1. The number of nitrogens with one attached hydrogen (secondary N) is 1. The SMILES string of the molecule is CC(C)(C)C1CCC(C(=O)OCC(=O)Nc2ccc(Cl)cc2C(=O)c2ccccc2)CC1. The molecule has 0 unspecified atom stereocenters.